The Balaban J connectivity index is 1.37. The summed E-state index contributed by atoms with van der Waals surface area (Å²) in [6, 6.07) is 9.37. The Morgan fingerprint density at radius 2 is 1.91 bits per heavy atom. The molecule has 118 valence electrons. The second-order valence-corrected chi connectivity index (χ2v) is 6.62. The Morgan fingerprint density at radius 1 is 1.09 bits per heavy atom. The minimum absolute atomic E-state index is 0.168. The number of benzene rings is 1. The van der Waals surface area contributed by atoms with Crippen molar-refractivity contribution in [2.24, 2.45) is 0 Å². The fourth-order valence-electron chi connectivity index (χ4n) is 4.14. The molecule has 2 saturated heterocycles. The summed E-state index contributed by atoms with van der Waals surface area (Å²) in [5, 5.41) is 0. The average Bonchev–Trinajstić information content (AvgIpc) is 3.24. The first-order valence-corrected chi connectivity index (χ1v) is 8.55. The largest absolute Gasteiger partial charge is 0.368 e. The minimum Gasteiger partial charge on any atom is -0.368 e. The lowest BCUT2D eigenvalue weighted by Gasteiger charge is -2.39. The molecule has 0 radical (unpaired) electrons. The molecule has 0 spiro atoms. The number of hydrogen-bond acceptors (Lipinski definition) is 3. The van der Waals surface area contributed by atoms with Gasteiger partial charge in [0.1, 0.15) is 6.10 Å². The quantitative estimate of drug-likeness (QED) is 0.837. The van der Waals surface area contributed by atoms with Crippen molar-refractivity contribution in [3.05, 3.63) is 35.4 Å². The van der Waals surface area contributed by atoms with Crippen LogP contribution in [0.15, 0.2) is 24.3 Å². The predicted molar refractivity (Wildman–Crippen MR) is 84.6 cm³/mol. The molecular weight excluding hydrogens is 276 g/mol. The third-order valence-corrected chi connectivity index (χ3v) is 5.37. The summed E-state index contributed by atoms with van der Waals surface area (Å²) in [5.41, 5.74) is 3.01. The van der Waals surface area contributed by atoms with E-state index in [1.807, 2.05) is 4.90 Å². The third-order valence-electron chi connectivity index (χ3n) is 5.37. The van der Waals surface area contributed by atoms with Gasteiger partial charge in [0.25, 0.3) is 5.91 Å². The number of fused-ring (bicyclic) bond motifs is 1. The number of ether oxygens (including phenoxy) is 1. The molecule has 1 aromatic rings. The maximum absolute atomic E-state index is 12.4. The van der Waals surface area contributed by atoms with Gasteiger partial charge < -0.3 is 9.64 Å². The summed E-state index contributed by atoms with van der Waals surface area (Å²) < 4.78 is 5.54. The Labute approximate surface area is 132 Å². The molecule has 1 aliphatic carbocycles. The van der Waals surface area contributed by atoms with Crippen LogP contribution in [0.4, 0.5) is 0 Å². The summed E-state index contributed by atoms with van der Waals surface area (Å²) in [6.07, 6.45) is 4.16. The number of rotatable bonds is 2. The van der Waals surface area contributed by atoms with E-state index in [0.717, 1.165) is 45.6 Å². The van der Waals surface area contributed by atoms with Gasteiger partial charge in [-0.2, -0.15) is 0 Å². The Morgan fingerprint density at radius 3 is 2.68 bits per heavy atom. The molecule has 4 heteroatoms. The molecule has 22 heavy (non-hydrogen) atoms. The lowest BCUT2D eigenvalue weighted by Crippen LogP contribution is -2.51. The topological polar surface area (TPSA) is 32.8 Å². The van der Waals surface area contributed by atoms with E-state index in [1.165, 1.54) is 24.0 Å². The predicted octanol–water partition coefficient (Wildman–Crippen LogP) is 2.00. The zero-order chi connectivity index (χ0) is 14.9. The smallest absolute Gasteiger partial charge is 0.251 e. The maximum atomic E-state index is 12.4. The van der Waals surface area contributed by atoms with Crippen molar-refractivity contribution in [1.29, 1.82) is 0 Å². The minimum atomic E-state index is -0.168. The normalized spacial score (nSPS) is 28.8. The molecule has 2 fully saturated rings. The van der Waals surface area contributed by atoms with E-state index >= 15 is 0 Å². The van der Waals surface area contributed by atoms with Crippen molar-refractivity contribution in [1.82, 2.24) is 9.80 Å². The molecule has 4 nitrogen and oxygen atoms in total. The second-order valence-electron chi connectivity index (χ2n) is 6.62. The first kappa shape index (κ1) is 14.2. The third kappa shape index (κ3) is 2.55. The highest BCUT2D eigenvalue weighted by Crippen LogP contribution is 2.36. The van der Waals surface area contributed by atoms with Crippen LogP contribution < -0.4 is 0 Å². The lowest BCUT2D eigenvalue weighted by molar-refractivity contribution is -0.143. The highest BCUT2D eigenvalue weighted by molar-refractivity contribution is 5.81. The zero-order valence-corrected chi connectivity index (χ0v) is 13.0. The van der Waals surface area contributed by atoms with E-state index in [2.05, 4.69) is 29.2 Å². The molecule has 1 amide bonds. The number of nitrogens with zero attached hydrogens (tertiary/aromatic N) is 2. The van der Waals surface area contributed by atoms with Gasteiger partial charge in [0.15, 0.2) is 0 Å². The number of aryl methyl sites for hydroxylation is 1. The van der Waals surface area contributed by atoms with Crippen molar-refractivity contribution >= 4 is 5.91 Å². The van der Waals surface area contributed by atoms with Crippen LogP contribution in [0.3, 0.4) is 0 Å². The fraction of sp³-hybridized carbons (Fsp3) is 0.611. The van der Waals surface area contributed by atoms with Crippen molar-refractivity contribution in [3.8, 4) is 0 Å². The molecule has 2 unspecified atom stereocenters. The molecule has 0 N–H and O–H groups in total. The molecule has 4 rings (SSSR count). The van der Waals surface area contributed by atoms with Crippen LogP contribution >= 0.6 is 0 Å². The highest BCUT2D eigenvalue weighted by atomic mass is 16.5. The van der Waals surface area contributed by atoms with Crippen LogP contribution in [-0.4, -0.2) is 54.6 Å². The van der Waals surface area contributed by atoms with Crippen molar-refractivity contribution in [2.75, 3.05) is 32.8 Å². The van der Waals surface area contributed by atoms with Crippen LogP contribution in [0.1, 0.15) is 36.4 Å². The van der Waals surface area contributed by atoms with Gasteiger partial charge in [0, 0.05) is 38.8 Å². The molecular formula is C18H24N2O2. The Hall–Kier alpha value is -1.39. The molecule has 0 bridgehead atoms. The Bertz CT molecular complexity index is 546. The first-order valence-electron chi connectivity index (χ1n) is 8.55. The van der Waals surface area contributed by atoms with Crippen molar-refractivity contribution in [3.63, 3.8) is 0 Å². The summed E-state index contributed by atoms with van der Waals surface area (Å²) in [4.78, 5) is 17.0. The number of amides is 1. The van der Waals surface area contributed by atoms with Gasteiger partial charge in [-0.1, -0.05) is 24.3 Å². The molecule has 0 aromatic heterocycles. The monoisotopic (exact) mass is 300 g/mol. The van der Waals surface area contributed by atoms with Crippen LogP contribution in [-0.2, 0) is 16.0 Å². The van der Waals surface area contributed by atoms with Crippen LogP contribution in [0.25, 0.3) is 0 Å². The van der Waals surface area contributed by atoms with E-state index in [9.17, 15) is 4.79 Å². The van der Waals surface area contributed by atoms with Crippen LogP contribution in [0.5, 0.6) is 0 Å². The second kappa shape index (κ2) is 6.01. The van der Waals surface area contributed by atoms with E-state index in [0.29, 0.717) is 6.04 Å². The van der Waals surface area contributed by atoms with Crippen molar-refractivity contribution in [2.45, 2.75) is 37.8 Å². The molecule has 2 aliphatic heterocycles. The SMILES string of the molecule is O=C(C1CCCO1)N1CCN(C2CCc3ccccc32)CC1. The van der Waals surface area contributed by atoms with Gasteiger partial charge in [-0.3, -0.25) is 9.69 Å². The van der Waals surface area contributed by atoms with E-state index in [-0.39, 0.29) is 12.0 Å². The van der Waals surface area contributed by atoms with Crippen molar-refractivity contribution < 1.29 is 9.53 Å². The number of carbonyl (C=O) groups is 1. The molecule has 2 atom stereocenters. The first-order chi connectivity index (χ1) is 10.8. The summed E-state index contributed by atoms with van der Waals surface area (Å²) in [6.45, 7) is 4.40. The van der Waals surface area contributed by atoms with Gasteiger partial charge in [0.2, 0.25) is 0 Å². The van der Waals surface area contributed by atoms with Crippen LogP contribution in [0, 0.1) is 0 Å². The lowest BCUT2D eigenvalue weighted by atomic mass is 10.1. The molecule has 3 aliphatic rings. The molecule has 2 heterocycles. The standard InChI is InChI=1S/C18H24N2O2/c21-18(17-6-3-13-22-17)20-11-9-19(10-12-20)16-8-7-14-4-1-2-5-15(14)16/h1-2,4-5,16-17H,3,6-13H2. The van der Waals surface area contributed by atoms with Gasteiger partial charge in [-0.05, 0) is 36.8 Å². The van der Waals surface area contributed by atoms with E-state index in [1.54, 1.807) is 0 Å². The Kier molecular flexibility index (Phi) is 3.89. The number of carbonyl (C=O) groups excluding carboxylic acids is 1. The van der Waals surface area contributed by atoms with Gasteiger partial charge in [0.05, 0.1) is 0 Å². The molecule has 0 saturated carbocycles. The zero-order valence-electron chi connectivity index (χ0n) is 13.0. The van der Waals surface area contributed by atoms with Gasteiger partial charge in [-0.25, -0.2) is 0 Å². The van der Waals surface area contributed by atoms with Gasteiger partial charge in [-0.15, -0.1) is 0 Å². The maximum Gasteiger partial charge on any atom is 0.251 e. The van der Waals surface area contributed by atoms with E-state index < -0.39 is 0 Å². The highest BCUT2D eigenvalue weighted by Gasteiger charge is 2.33. The van der Waals surface area contributed by atoms with Gasteiger partial charge >= 0.3 is 0 Å². The fourth-order valence-corrected chi connectivity index (χ4v) is 4.14. The number of hydrogen-bond donors (Lipinski definition) is 0. The van der Waals surface area contributed by atoms with Crippen LogP contribution in [0.2, 0.25) is 0 Å². The molecule has 1 aromatic carbocycles. The summed E-state index contributed by atoms with van der Waals surface area (Å²) in [5.74, 6) is 0.212. The van der Waals surface area contributed by atoms with E-state index in [4.69, 9.17) is 4.74 Å². The summed E-state index contributed by atoms with van der Waals surface area (Å²) in [7, 11) is 0. The average molecular weight is 300 g/mol. The number of piperazine rings is 1. The summed E-state index contributed by atoms with van der Waals surface area (Å²) >= 11 is 0.